The molecule has 0 radical (unpaired) electrons. The highest BCUT2D eigenvalue weighted by molar-refractivity contribution is 5.94. The molecule has 0 spiro atoms. The third-order valence-electron chi connectivity index (χ3n) is 2.98. The van der Waals surface area contributed by atoms with E-state index in [-0.39, 0.29) is 23.5 Å². The van der Waals surface area contributed by atoms with Gasteiger partial charge in [0.05, 0.1) is 10.5 Å². The van der Waals surface area contributed by atoms with E-state index in [0.717, 1.165) is 0 Å². The maximum absolute atomic E-state index is 11.1. The highest BCUT2D eigenvalue weighted by atomic mass is 16.6. The maximum atomic E-state index is 11.1. The van der Waals surface area contributed by atoms with Crippen molar-refractivity contribution < 1.29 is 19.6 Å². The number of aliphatic hydroxyl groups is 1. The smallest absolute Gasteiger partial charge is 0.292 e. The van der Waals surface area contributed by atoms with Crippen molar-refractivity contribution in [1.29, 1.82) is 0 Å². The van der Waals surface area contributed by atoms with Gasteiger partial charge in [0.1, 0.15) is 5.69 Å². The second-order valence-electron chi connectivity index (χ2n) is 4.95. The molecule has 0 bridgehead atoms. The molecule has 1 aromatic carbocycles. The number of amides is 1. The van der Waals surface area contributed by atoms with Crippen molar-refractivity contribution in [1.82, 2.24) is 0 Å². The van der Waals surface area contributed by atoms with Crippen molar-refractivity contribution in [2.75, 3.05) is 25.6 Å². The Morgan fingerprint density at radius 3 is 2.76 bits per heavy atom. The van der Waals surface area contributed by atoms with Crippen LogP contribution in [0.5, 0.6) is 0 Å². The summed E-state index contributed by atoms with van der Waals surface area (Å²) in [6.45, 7) is 2.01. The first-order valence-electron chi connectivity index (χ1n) is 6.30. The van der Waals surface area contributed by atoms with E-state index in [1.54, 1.807) is 6.92 Å². The maximum Gasteiger partial charge on any atom is 0.292 e. The summed E-state index contributed by atoms with van der Waals surface area (Å²) in [6, 6.07) is 3.79. The molecule has 8 nitrogen and oxygen atoms in total. The molecule has 0 fully saturated rings. The zero-order valence-electron chi connectivity index (χ0n) is 12.0. The van der Waals surface area contributed by atoms with E-state index >= 15 is 0 Å². The van der Waals surface area contributed by atoms with Crippen LogP contribution in [0.25, 0.3) is 0 Å². The van der Waals surface area contributed by atoms with Crippen LogP contribution < -0.4 is 11.1 Å². The van der Waals surface area contributed by atoms with Crippen LogP contribution in [0.15, 0.2) is 18.2 Å². The summed E-state index contributed by atoms with van der Waals surface area (Å²) in [5.41, 5.74) is 4.14. The zero-order valence-corrected chi connectivity index (χ0v) is 12.0. The topological polar surface area (TPSA) is 128 Å². The van der Waals surface area contributed by atoms with E-state index in [1.807, 2.05) is 0 Å². The highest BCUT2D eigenvalue weighted by Crippen LogP contribution is 2.26. The number of nitro benzene ring substituents is 1. The van der Waals surface area contributed by atoms with Gasteiger partial charge in [-0.15, -0.1) is 0 Å². The molecule has 21 heavy (non-hydrogen) atoms. The summed E-state index contributed by atoms with van der Waals surface area (Å²) in [4.78, 5) is 21.5. The number of carbonyl (C=O) groups is 1. The van der Waals surface area contributed by atoms with Gasteiger partial charge in [0.2, 0.25) is 5.91 Å². The van der Waals surface area contributed by atoms with Crippen LogP contribution in [0.4, 0.5) is 11.4 Å². The first-order chi connectivity index (χ1) is 9.76. The monoisotopic (exact) mass is 297 g/mol. The van der Waals surface area contributed by atoms with Crippen LogP contribution in [-0.4, -0.2) is 41.8 Å². The number of rotatable bonds is 8. The number of nitrogens with zero attached hydrogens (tertiary/aromatic N) is 1. The van der Waals surface area contributed by atoms with Gasteiger partial charge < -0.3 is 20.9 Å². The Labute approximate surface area is 122 Å². The minimum Gasteiger partial charge on any atom is -0.388 e. The van der Waals surface area contributed by atoms with Gasteiger partial charge in [-0.1, -0.05) is 0 Å². The summed E-state index contributed by atoms with van der Waals surface area (Å²) in [7, 11) is 1.52. The second kappa shape index (κ2) is 7.00. The first kappa shape index (κ1) is 16.9. The van der Waals surface area contributed by atoms with Crippen LogP contribution in [0.1, 0.15) is 23.7 Å². The van der Waals surface area contributed by atoms with Gasteiger partial charge in [-0.2, -0.15) is 0 Å². The van der Waals surface area contributed by atoms with Crippen LogP contribution in [0.3, 0.4) is 0 Å². The Kier molecular flexibility index (Phi) is 5.62. The Hall–Kier alpha value is -2.19. The molecular weight excluding hydrogens is 278 g/mol. The number of hydrogen-bond acceptors (Lipinski definition) is 6. The molecule has 0 saturated carbocycles. The zero-order chi connectivity index (χ0) is 16.0. The van der Waals surface area contributed by atoms with Gasteiger partial charge in [0, 0.05) is 38.3 Å². The van der Waals surface area contributed by atoms with Crippen LogP contribution in [0.2, 0.25) is 0 Å². The summed E-state index contributed by atoms with van der Waals surface area (Å²) >= 11 is 0. The third-order valence-corrected chi connectivity index (χ3v) is 2.98. The number of methoxy groups -OCH3 is 1. The predicted molar refractivity (Wildman–Crippen MR) is 77.2 cm³/mol. The summed E-state index contributed by atoms with van der Waals surface area (Å²) in [5, 5.41) is 23.9. The second-order valence-corrected chi connectivity index (χ2v) is 4.95. The Morgan fingerprint density at radius 2 is 2.24 bits per heavy atom. The molecule has 1 amide bonds. The number of benzene rings is 1. The number of primary amides is 1. The van der Waals surface area contributed by atoms with E-state index in [9.17, 15) is 20.0 Å². The molecule has 1 atom stereocenters. The summed E-state index contributed by atoms with van der Waals surface area (Å²) in [6.07, 6.45) is 0.361. The minimum atomic E-state index is -1.10. The number of carbonyl (C=O) groups excluding carboxylic acids is 1. The van der Waals surface area contributed by atoms with Crippen molar-refractivity contribution in [2.45, 2.75) is 18.9 Å². The normalized spacial score (nSPS) is 13.5. The van der Waals surface area contributed by atoms with Crippen LogP contribution in [0, 0.1) is 10.1 Å². The van der Waals surface area contributed by atoms with Gasteiger partial charge in [-0.05, 0) is 19.1 Å². The van der Waals surface area contributed by atoms with E-state index in [0.29, 0.717) is 13.0 Å². The summed E-state index contributed by atoms with van der Waals surface area (Å²) < 4.78 is 4.89. The number of nitrogens with two attached hydrogens (primary N) is 1. The van der Waals surface area contributed by atoms with E-state index in [2.05, 4.69) is 5.32 Å². The Morgan fingerprint density at radius 1 is 1.57 bits per heavy atom. The van der Waals surface area contributed by atoms with Crippen molar-refractivity contribution in [3.05, 3.63) is 33.9 Å². The molecule has 8 heteroatoms. The number of hydrogen-bond donors (Lipinski definition) is 3. The van der Waals surface area contributed by atoms with E-state index in [4.69, 9.17) is 10.5 Å². The Bertz CT molecular complexity index is 531. The lowest BCUT2D eigenvalue weighted by Gasteiger charge is -2.23. The Balaban J connectivity index is 2.92. The standard InChI is InChI=1S/C13H19N3O5/c1-13(18,5-6-21-2)8-15-10-7-9(12(14)17)3-4-11(10)16(19)20/h3-4,7,15,18H,5-6,8H2,1-2H3,(H2,14,17). The van der Waals surface area contributed by atoms with Gasteiger partial charge >= 0.3 is 0 Å². The number of anilines is 1. The van der Waals surface area contributed by atoms with E-state index in [1.165, 1.54) is 25.3 Å². The van der Waals surface area contributed by atoms with Crippen molar-refractivity contribution >= 4 is 17.3 Å². The third kappa shape index (κ3) is 5.01. The molecule has 1 unspecified atom stereocenters. The molecule has 0 saturated heterocycles. The fourth-order valence-electron chi connectivity index (χ4n) is 1.69. The first-order valence-corrected chi connectivity index (χ1v) is 6.30. The van der Waals surface area contributed by atoms with Crippen LogP contribution in [-0.2, 0) is 4.74 Å². The molecule has 0 aliphatic carbocycles. The molecule has 0 aromatic heterocycles. The molecular formula is C13H19N3O5. The largest absolute Gasteiger partial charge is 0.388 e. The average Bonchev–Trinajstić information content (AvgIpc) is 2.42. The van der Waals surface area contributed by atoms with Crippen molar-refractivity contribution in [3.8, 4) is 0 Å². The van der Waals surface area contributed by atoms with E-state index < -0.39 is 16.4 Å². The van der Waals surface area contributed by atoms with Gasteiger partial charge in [-0.3, -0.25) is 14.9 Å². The van der Waals surface area contributed by atoms with Gasteiger partial charge in [0.15, 0.2) is 0 Å². The fraction of sp³-hybridized carbons (Fsp3) is 0.462. The molecule has 1 aromatic rings. The molecule has 116 valence electrons. The van der Waals surface area contributed by atoms with Gasteiger partial charge in [0.25, 0.3) is 5.69 Å². The lowest BCUT2D eigenvalue weighted by Crippen LogP contribution is -2.34. The lowest BCUT2D eigenvalue weighted by molar-refractivity contribution is -0.384. The SMILES string of the molecule is COCCC(C)(O)CNc1cc(C(N)=O)ccc1[N+](=O)[O-]. The summed E-state index contributed by atoms with van der Waals surface area (Å²) in [5.74, 6) is -0.681. The molecule has 0 heterocycles. The molecule has 0 aliphatic heterocycles. The van der Waals surface area contributed by atoms with Crippen molar-refractivity contribution in [3.63, 3.8) is 0 Å². The van der Waals surface area contributed by atoms with Crippen LogP contribution >= 0.6 is 0 Å². The average molecular weight is 297 g/mol. The van der Waals surface area contributed by atoms with Gasteiger partial charge in [-0.25, -0.2) is 0 Å². The minimum absolute atomic E-state index is 0.0689. The number of ether oxygens (including phenoxy) is 1. The number of nitrogens with one attached hydrogen (secondary N) is 1. The molecule has 4 N–H and O–H groups in total. The van der Waals surface area contributed by atoms with Crippen molar-refractivity contribution in [2.24, 2.45) is 5.73 Å². The molecule has 1 rings (SSSR count). The highest BCUT2D eigenvalue weighted by Gasteiger charge is 2.22. The molecule has 0 aliphatic rings. The number of nitro groups is 1. The fourth-order valence-corrected chi connectivity index (χ4v) is 1.69. The quantitative estimate of drug-likeness (QED) is 0.483. The lowest BCUT2D eigenvalue weighted by atomic mass is 10.0. The predicted octanol–water partition coefficient (Wildman–Crippen LogP) is 0.893.